The minimum absolute atomic E-state index is 0.0940. The maximum atomic E-state index is 2.52. The highest BCUT2D eigenvalue weighted by Gasteiger charge is 2.48. The van der Waals surface area contributed by atoms with Gasteiger partial charge in [-0.25, -0.2) is 0 Å². The molecule has 63 heavy (non-hydrogen) atoms. The van der Waals surface area contributed by atoms with Crippen LogP contribution in [0.15, 0.2) is 224 Å². The van der Waals surface area contributed by atoms with Crippen LogP contribution in [0.25, 0.3) is 55.3 Å². The molecule has 12 rings (SSSR count). The van der Waals surface area contributed by atoms with Crippen LogP contribution in [-0.2, 0) is 10.8 Å². The number of hydrogen-bond donors (Lipinski definition) is 0. The Balaban J connectivity index is 1.06. The van der Waals surface area contributed by atoms with Gasteiger partial charge >= 0.3 is 0 Å². The molecule has 4 aliphatic rings. The third-order valence-electron chi connectivity index (χ3n) is 14.4. The van der Waals surface area contributed by atoms with Crippen LogP contribution in [0.3, 0.4) is 0 Å². The van der Waals surface area contributed by atoms with Crippen LogP contribution in [0.5, 0.6) is 0 Å². The fourth-order valence-corrected chi connectivity index (χ4v) is 11.5. The van der Waals surface area contributed by atoms with Gasteiger partial charge in [0.15, 0.2) is 0 Å². The van der Waals surface area contributed by atoms with Crippen LogP contribution >= 0.6 is 0 Å². The Morgan fingerprint density at radius 3 is 1.86 bits per heavy atom. The van der Waals surface area contributed by atoms with Gasteiger partial charge < -0.3 is 4.90 Å². The SMILES string of the molecule is CC1(C)c2ccccc2-c2c1cc1ccccc1c2-c1ccc(N(c2ccc(-c3ccccc3)cc2)c2ccc3c(c2)[C@](C2=CCCC=C2)(C2=CC=CCC2)c2ccccc2-3)cc1. The van der Waals surface area contributed by atoms with E-state index < -0.39 is 0 Å². The maximum absolute atomic E-state index is 2.52. The lowest BCUT2D eigenvalue weighted by Crippen LogP contribution is -2.31. The van der Waals surface area contributed by atoms with Crippen molar-refractivity contribution < 1.29 is 0 Å². The first-order valence-corrected chi connectivity index (χ1v) is 22.7. The summed E-state index contributed by atoms with van der Waals surface area (Å²) in [5, 5.41) is 2.57. The van der Waals surface area contributed by atoms with Crippen molar-refractivity contribution in [2.24, 2.45) is 0 Å². The largest absolute Gasteiger partial charge is 0.310 e. The van der Waals surface area contributed by atoms with E-state index in [0.29, 0.717) is 0 Å². The van der Waals surface area contributed by atoms with Gasteiger partial charge in [0.2, 0.25) is 0 Å². The topological polar surface area (TPSA) is 3.24 Å². The Hall–Kier alpha value is -7.22. The summed E-state index contributed by atoms with van der Waals surface area (Å²) in [7, 11) is 0. The summed E-state index contributed by atoms with van der Waals surface area (Å²) < 4.78 is 0. The van der Waals surface area contributed by atoms with Crippen molar-refractivity contribution in [3.05, 3.63) is 246 Å². The van der Waals surface area contributed by atoms with Gasteiger partial charge in [-0.3, -0.25) is 0 Å². The summed E-state index contributed by atoms with van der Waals surface area (Å²) in [6.07, 6.45) is 18.6. The lowest BCUT2D eigenvalue weighted by atomic mass is 9.64. The molecule has 0 aliphatic heterocycles. The number of anilines is 3. The molecule has 4 aliphatic carbocycles. The van der Waals surface area contributed by atoms with E-state index in [1.54, 1.807) is 0 Å². The van der Waals surface area contributed by atoms with Crippen molar-refractivity contribution >= 4 is 27.8 Å². The Morgan fingerprint density at radius 2 is 1.11 bits per heavy atom. The van der Waals surface area contributed by atoms with Crippen molar-refractivity contribution in [3.8, 4) is 44.5 Å². The normalized spacial score (nSPS) is 17.7. The van der Waals surface area contributed by atoms with Crippen molar-refractivity contribution in [2.45, 2.75) is 50.4 Å². The van der Waals surface area contributed by atoms with Crippen molar-refractivity contribution in [1.29, 1.82) is 0 Å². The van der Waals surface area contributed by atoms with Crippen molar-refractivity contribution in [1.82, 2.24) is 0 Å². The molecule has 0 fully saturated rings. The predicted molar refractivity (Wildman–Crippen MR) is 266 cm³/mol. The average Bonchev–Trinajstić information content (AvgIpc) is 3.77. The Kier molecular flexibility index (Phi) is 8.76. The van der Waals surface area contributed by atoms with Crippen LogP contribution in [0.2, 0.25) is 0 Å². The molecular formula is C62H49N. The number of rotatable bonds is 7. The highest BCUT2D eigenvalue weighted by molar-refractivity contribution is 6.08. The lowest BCUT2D eigenvalue weighted by molar-refractivity contribution is 0.661. The van der Waals surface area contributed by atoms with E-state index in [-0.39, 0.29) is 10.8 Å². The molecular weight excluding hydrogens is 759 g/mol. The van der Waals surface area contributed by atoms with Gasteiger partial charge in [-0.1, -0.05) is 189 Å². The minimum atomic E-state index is -0.366. The zero-order valence-electron chi connectivity index (χ0n) is 36.0. The van der Waals surface area contributed by atoms with Crippen LogP contribution in [0, 0.1) is 0 Å². The second kappa shape index (κ2) is 14.7. The lowest BCUT2D eigenvalue weighted by Gasteiger charge is -2.39. The standard InChI is InChI=1S/C62H49N/c1-61(2)55-28-16-15-27-54(55)60-58(61)40-45-20-12-13-25-51(45)59(60)44-32-36-49(37-33-44)63(48-34-30-43(31-35-48)42-18-6-3-7-19-42)50-38-39-53-52-26-14-17-29-56(52)62(57(53)41-50,46-21-8-4-9-22-46)47-23-10-5-11-24-47/h3-4,6-8,10,12-21,23-41H,5,9,11,22H2,1-2H3/t62-/m0/s1. The van der Waals surface area contributed by atoms with E-state index in [4.69, 9.17) is 0 Å². The van der Waals surface area contributed by atoms with Gasteiger partial charge in [0.25, 0.3) is 0 Å². The van der Waals surface area contributed by atoms with E-state index in [1.165, 1.54) is 88.7 Å². The summed E-state index contributed by atoms with van der Waals surface area (Å²) in [5.41, 5.74) is 21.7. The molecule has 0 saturated heterocycles. The summed E-state index contributed by atoms with van der Waals surface area (Å²) >= 11 is 0. The molecule has 0 amide bonds. The zero-order valence-corrected chi connectivity index (χ0v) is 36.0. The van der Waals surface area contributed by atoms with Crippen molar-refractivity contribution in [3.63, 3.8) is 0 Å². The monoisotopic (exact) mass is 807 g/mol. The average molecular weight is 808 g/mol. The molecule has 0 heterocycles. The van der Waals surface area contributed by atoms with Crippen LogP contribution < -0.4 is 4.90 Å². The first-order chi connectivity index (χ1) is 31.0. The zero-order chi connectivity index (χ0) is 42.1. The number of hydrogen-bond acceptors (Lipinski definition) is 1. The molecule has 0 radical (unpaired) electrons. The van der Waals surface area contributed by atoms with Gasteiger partial charge in [-0.05, 0) is 151 Å². The summed E-state index contributed by atoms with van der Waals surface area (Å²) in [5.74, 6) is 0. The van der Waals surface area contributed by atoms with Crippen LogP contribution in [0.4, 0.5) is 17.1 Å². The van der Waals surface area contributed by atoms with Crippen molar-refractivity contribution in [2.75, 3.05) is 4.90 Å². The van der Waals surface area contributed by atoms with Crippen LogP contribution in [0.1, 0.15) is 61.8 Å². The first kappa shape index (κ1) is 37.5. The summed E-state index contributed by atoms with van der Waals surface area (Å²) in [6.45, 7) is 4.76. The van der Waals surface area contributed by atoms with Gasteiger partial charge in [-0.15, -0.1) is 0 Å². The fraction of sp³-hybridized carbons (Fsp3) is 0.129. The molecule has 0 bridgehead atoms. The maximum Gasteiger partial charge on any atom is 0.0674 e. The Labute approximate surface area is 371 Å². The smallest absolute Gasteiger partial charge is 0.0674 e. The van der Waals surface area contributed by atoms with E-state index in [9.17, 15) is 0 Å². The quantitative estimate of drug-likeness (QED) is 0.155. The fourth-order valence-electron chi connectivity index (χ4n) is 11.5. The third-order valence-corrected chi connectivity index (χ3v) is 14.4. The molecule has 302 valence electrons. The molecule has 0 N–H and O–H groups in total. The molecule has 0 spiro atoms. The minimum Gasteiger partial charge on any atom is -0.310 e. The molecule has 1 heteroatoms. The Morgan fingerprint density at radius 1 is 0.460 bits per heavy atom. The van der Waals surface area contributed by atoms with Gasteiger partial charge in [-0.2, -0.15) is 0 Å². The predicted octanol–water partition coefficient (Wildman–Crippen LogP) is 16.8. The molecule has 8 aromatic carbocycles. The number of nitrogens with zero attached hydrogens (tertiary/aromatic N) is 1. The van der Waals surface area contributed by atoms with Gasteiger partial charge in [0.1, 0.15) is 0 Å². The summed E-state index contributed by atoms with van der Waals surface area (Å²) in [4.78, 5) is 2.47. The van der Waals surface area contributed by atoms with E-state index in [0.717, 1.165) is 42.7 Å². The molecule has 0 unspecified atom stereocenters. The molecule has 8 aromatic rings. The third kappa shape index (κ3) is 5.76. The Bertz CT molecular complexity index is 3230. The van der Waals surface area contributed by atoms with E-state index in [1.807, 2.05) is 0 Å². The second-order valence-electron chi connectivity index (χ2n) is 18.2. The molecule has 1 atom stereocenters. The summed E-state index contributed by atoms with van der Waals surface area (Å²) in [6, 6.07) is 66.1. The van der Waals surface area contributed by atoms with Gasteiger partial charge in [0.05, 0.1) is 5.41 Å². The second-order valence-corrected chi connectivity index (χ2v) is 18.2. The number of allylic oxidation sites excluding steroid dienone is 8. The molecule has 0 saturated carbocycles. The van der Waals surface area contributed by atoms with Gasteiger partial charge in [0, 0.05) is 22.5 Å². The van der Waals surface area contributed by atoms with E-state index in [2.05, 4.69) is 231 Å². The van der Waals surface area contributed by atoms with E-state index >= 15 is 0 Å². The first-order valence-electron chi connectivity index (χ1n) is 22.7. The molecule has 1 nitrogen and oxygen atoms in total. The van der Waals surface area contributed by atoms with Crippen LogP contribution in [-0.4, -0.2) is 0 Å². The number of benzene rings is 8. The highest BCUT2D eigenvalue weighted by Crippen LogP contribution is 2.60. The molecule has 0 aromatic heterocycles. The number of fused-ring (bicyclic) bond motifs is 7. The highest BCUT2D eigenvalue weighted by atomic mass is 15.1.